The van der Waals surface area contributed by atoms with Crippen molar-refractivity contribution in [2.24, 2.45) is 11.8 Å². The van der Waals surface area contributed by atoms with Crippen LogP contribution >= 0.6 is 0 Å². The van der Waals surface area contributed by atoms with Gasteiger partial charge in [0.15, 0.2) is 9.84 Å². The van der Waals surface area contributed by atoms with E-state index >= 15 is 0 Å². The van der Waals surface area contributed by atoms with E-state index in [4.69, 9.17) is 0 Å². The van der Waals surface area contributed by atoms with Crippen LogP contribution in [0.5, 0.6) is 0 Å². The second-order valence-electron chi connectivity index (χ2n) is 7.55. The van der Waals surface area contributed by atoms with Crippen LogP contribution in [0.1, 0.15) is 24.8 Å². The van der Waals surface area contributed by atoms with Gasteiger partial charge in [0.25, 0.3) is 0 Å². The minimum Gasteiger partial charge on any atom is -0.310 e. The summed E-state index contributed by atoms with van der Waals surface area (Å²) in [6, 6.07) is 11.4. The van der Waals surface area contributed by atoms with Crippen LogP contribution in [0, 0.1) is 11.8 Å². The van der Waals surface area contributed by atoms with Gasteiger partial charge in [-0.15, -0.1) is 0 Å². The Morgan fingerprint density at radius 2 is 1.91 bits per heavy atom. The highest BCUT2D eigenvalue weighted by atomic mass is 32.2. The molecular weight excluding hydrogens is 308 g/mol. The fourth-order valence-corrected chi connectivity index (χ4v) is 6.45. The third-order valence-electron chi connectivity index (χ3n) is 5.86. The number of hydrogen-bond donors (Lipinski definition) is 1. The minimum atomic E-state index is -2.78. The summed E-state index contributed by atoms with van der Waals surface area (Å²) in [5.41, 5.74) is 1.39. The van der Waals surface area contributed by atoms with E-state index in [0.29, 0.717) is 23.5 Å². The number of hydrogen-bond acceptors (Lipinski definition) is 4. The fraction of sp³-hybridized carbons (Fsp3) is 0.667. The molecule has 5 heteroatoms. The Balaban J connectivity index is 1.34. The number of benzene rings is 1. The van der Waals surface area contributed by atoms with Gasteiger partial charge in [-0.25, -0.2) is 8.42 Å². The first-order valence-corrected chi connectivity index (χ1v) is 10.6. The third-order valence-corrected chi connectivity index (χ3v) is 7.63. The fourth-order valence-electron chi connectivity index (χ4n) is 4.76. The van der Waals surface area contributed by atoms with Gasteiger partial charge in [0, 0.05) is 31.7 Å². The van der Waals surface area contributed by atoms with Crippen molar-refractivity contribution in [3.05, 3.63) is 35.9 Å². The molecule has 1 aromatic rings. The molecule has 1 saturated carbocycles. The quantitative estimate of drug-likeness (QED) is 0.910. The Morgan fingerprint density at radius 1 is 1.09 bits per heavy atom. The van der Waals surface area contributed by atoms with E-state index in [1.807, 2.05) is 0 Å². The third kappa shape index (κ3) is 3.47. The second kappa shape index (κ2) is 6.19. The van der Waals surface area contributed by atoms with Crippen LogP contribution in [0.2, 0.25) is 0 Å². The lowest BCUT2D eigenvalue weighted by molar-refractivity contribution is 0.283. The number of nitrogens with zero attached hydrogens (tertiary/aromatic N) is 1. The molecule has 0 bridgehead atoms. The highest BCUT2D eigenvalue weighted by molar-refractivity contribution is 7.91. The molecule has 4 atom stereocenters. The monoisotopic (exact) mass is 334 g/mol. The molecule has 4 rings (SSSR count). The molecule has 4 nitrogen and oxygen atoms in total. The molecule has 2 heterocycles. The lowest BCUT2D eigenvalue weighted by Crippen LogP contribution is -2.42. The Labute approximate surface area is 139 Å². The summed E-state index contributed by atoms with van der Waals surface area (Å²) in [5, 5.41) is 3.68. The maximum atomic E-state index is 11.6. The maximum absolute atomic E-state index is 11.6. The minimum absolute atomic E-state index is 0.187. The zero-order chi connectivity index (χ0) is 15.9. The average molecular weight is 334 g/mol. The number of fused-ring (bicyclic) bond motifs is 1. The van der Waals surface area contributed by atoms with Gasteiger partial charge in [-0.2, -0.15) is 0 Å². The van der Waals surface area contributed by atoms with Gasteiger partial charge >= 0.3 is 0 Å². The molecule has 1 N–H and O–H groups in total. The van der Waals surface area contributed by atoms with Gasteiger partial charge in [-0.3, -0.25) is 4.90 Å². The van der Waals surface area contributed by atoms with Gasteiger partial charge in [0.2, 0.25) is 0 Å². The van der Waals surface area contributed by atoms with Crippen molar-refractivity contribution in [3.8, 4) is 0 Å². The SMILES string of the molecule is O=S1(=O)CC[C@H](N[C@@H]2CC[C@@H]3CN(Cc4ccccc4)C[C@@H]32)C1. The normalized spacial score (nSPS) is 36.3. The van der Waals surface area contributed by atoms with E-state index in [1.54, 1.807) is 0 Å². The van der Waals surface area contributed by atoms with Crippen LogP contribution < -0.4 is 5.32 Å². The number of nitrogens with one attached hydrogen (secondary N) is 1. The topological polar surface area (TPSA) is 49.4 Å². The molecule has 2 aliphatic heterocycles. The lowest BCUT2D eigenvalue weighted by Gasteiger charge is -2.24. The number of likely N-dealkylation sites (tertiary alicyclic amines) is 1. The molecule has 1 aliphatic carbocycles. The predicted molar refractivity (Wildman–Crippen MR) is 91.9 cm³/mol. The van der Waals surface area contributed by atoms with E-state index in [0.717, 1.165) is 25.4 Å². The van der Waals surface area contributed by atoms with E-state index in [-0.39, 0.29) is 6.04 Å². The van der Waals surface area contributed by atoms with Crippen molar-refractivity contribution in [3.63, 3.8) is 0 Å². The Hall–Kier alpha value is -0.910. The van der Waals surface area contributed by atoms with Gasteiger partial charge in [0.05, 0.1) is 11.5 Å². The molecule has 0 radical (unpaired) electrons. The summed E-state index contributed by atoms with van der Waals surface area (Å²) in [5.74, 6) is 2.19. The molecule has 23 heavy (non-hydrogen) atoms. The highest BCUT2D eigenvalue weighted by Crippen LogP contribution is 2.39. The highest BCUT2D eigenvalue weighted by Gasteiger charge is 2.43. The van der Waals surface area contributed by atoms with Crippen LogP contribution in [0.25, 0.3) is 0 Å². The summed E-state index contributed by atoms with van der Waals surface area (Å²) in [6.45, 7) is 3.38. The van der Waals surface area contributed by atoms with Crippen molar-refractivity contribution in [2.75, 3.05) is 24.6 Å². The largest absolute Gasteiger partial charge is 0.310 e. The molecule has 126 valence electrons. The summed E-state index contributed by atoms with van der Waals surface area (Å²) in [6.07, 6.45) is 3.29. The van der Waals surface area contributed by atoms with Gasteiger partial charge < -0.3 is 5.32 Å². The smallest absolute Gasteiger partial charge is 0.151 e. The zero-order valence-electron chi connectivity index (χ0n) is 13.5. The second-order valence-corrected chi connectivity index (χ2v) is 9.78. The van der Waals surface area contributed by atoms with E-state index in [1.165, 1.54) is 24.9 Å². The first-order chi connectivity index (χ1) is 11.1. The van der Waals surface area contributed by atoms with E-state index in [9.17, 15) is 8.42 Å². The van der Waals surface area contributed by atoms with Gasteiger partial charge in [0.1, 0.15) is 0 Å². The molecule has 0 unspecified atom stereocenters. The zero-order valence-corrected chi connectivity index (χ0v) is 14.3. The van der Waals surface area contributed by atoms with Gasteiger partial charge in [-0.1, -0.05) is 30.3 Å². The van der Waals surface area contributed by atoms with Crippen LogP contribution in [0.15, 0.2) is 30.3 Å². The molecular formula is C18H26N2O2S. The molecule has 2 saturated heterocycles. The van der Waals surface area contributed by atoms with Crippen molar-refractivity contribution < 1.29 is 8.42 Å². The summed E-state index contributed by atoms with van der Waals surface area (Å²) in [4.78, 5) is 2.57. The number of rotatable bonds is 4. The Morgan fingerprint density at radius 3 is 2.65 bits per heavy atom. The molecule has 0 spiro atoms. The molecule has 3 fully saturated rings. The van der Waals surface area contributed by atoms with Gasteiger partial charge in [-0.05, 0) is 36.7 Å². The standard InChI is InChI=1S/C18H26N2O2S/c21-23(22)9-8-16(13-23)19-18-7-6-15-11-20(12-17(15)18)10-14-4-2-1-3-5-14/h1-5,15-19H,6-13H2/t15-,16+,17+,18-/m1/s1. The molecule has 3 aliphatic rings. The van der Waals surface area contributed by atoms with E-state index in [2.05, 4.69) is 40.5 Å². The first kappa shape index (κ1) is 15.6. The molecule has 0 amide bonds. The van der Waals surface area contributed by atoms with Crippen molar-refractivity contribution in [1.82, 2.24) is 10.2 Å². The maximum Gasteiger partial charge on any atom is 0.151 e. The lowest BCUT2D eigenvalue weighted by atomic mass is 9.97. The molecule has 1 aromatic carbocycles. The number of sulfone groups is 1. The van der Waals surface area contributed by atoms with Crippen LogP contribution in [0.4, 0.5) is 0 Å². The Bertz CT molecular complexity index is 646. The van der Waals surface area contributed by atoms with Crippen molar-refractivity contribution >= 4 is 9.84 Å². The summed E-state index contributed by atoms with van der Waals surface area (Å²) < 4.78 is 23.3. The average Bonchev–Trinajstić information content (AvgIpc) is 3.17. The van der Waals surface area contributed by atoms with E-state index < -0.39 is 9.84 Å². The summed E-state index contributed by atoms with van der Waals surface area (Å²) in [7, 11) is -2.78. The van der Waals surface area contributed by atoms with Crippen LogP contribution in [-0.4, -0.2) is 50.0 Å². The van der Waals surface area contributed by atoms with Crippen LogP contribution in [-0.2, 0) is 16.4 Å². The van der Waals surface area contributed by atoms with Crippen molar-refractivity contribution in [2.45, 2.75) is 37.9 Å². The first-order valence-electron chi connectivity index (χ1n) is 8.82. The summed E-state index contributed by atoms with van der Waals surface area (Å²) >= 11 is 0. The molecule has 0 aromatic heterocycles. The van der Waals surface area contributed by atoms with Crippen LogP contribution in [0.3, 0.4) is 0 Å². The Kier molecular flexibility index (Phi) is 4.20. The predicted octanol–water partition coefficient (Wildman–Crippen LogP) is 1.67. The van der Waals surface area contributed by atoms with Crippen molar-refractivity contribution in [1.29, 1.82) is 0 Å².